The molecule has 2 amide bonds. The standard InChI is InChI=1S/C72H118N4O12/c1-45(20-18-32-85-63(77)43-75(7,8)9)53-24-26-55-65-57(39-61(83-15)71(53,55)5)69(3)30-28-51(35-49(69)37-59(65)81-13)87-67(79)73-41-47-22-17-23-48(34-47)42-74-68(80)88-52-29-31-70(4)50(36-52)38-60(82-14)66-56-27-25-54(72(56,6)62(84-16)40-58(66)70)46(2)21-19-33-86-64(78)44-76(10,11)12/h17,22-23,34,45-46,49-62,65-66H,18-21,24-33,35-44H2,1-16H3/p+2/t45-,46-,49+,50+,51-,52-,53-,54-,55+,56+,57+,58+,59-,60-,61+,62+,65+,66+,69+,70+,71-,72-/m1/s1. The predicted molar refractivity (Wildman–Crippen MR) is 340 cm³/mol. The summed E-state index contributed by atoms with van der Waals surface area (Å²) in [6.07, 6.45) is 17.4. The van der Waals surface area contributed by atoms with Gasteiger partial charge in [0.2, 0.25) is 0 Å². The summed E-state index contributed by atoms with van der Waals surface area (Å²) in [5, 5.41) is 6.10. The number of ether oxygens (including phenoxy) is 8. The molecule has 0 heterocycles. The number of esters is 2. The summed E-state index contributed by atoms with van der Waals surface area (Å²) < 4.78 is 51.1. The Hall–Kier alpha value is -3.54. The van der Waals surface area contributed by atoms with Crippen LogP contribution in [0.2, 0.25) is 0 Å². The van der Waals surface area contributed by atoms with E-state index in [1.165, 1.54) is 25.7 Å². The number of carbonyl (C=O) groups is 4. The van der Waals surface area contributed by atoms with Gasteiger partial charge in [0.05, 0.1) is 79.9 Å². The van der Waals surface area contributed by atoms with Crippen molar-refractivity contribution in [3.63, 3.8) is 0 Å². The van der Waals surface area contributed by atoms with Crippen molar-refractivity contribution in [1.82, 2.24) is 10.6 Å². The summed E-state index contributed by atoms with van der Waals surface area (Å²) in [5.74, 6) is 5.36. The number of hydrogen-bond acceptors (Lipinski definition) is 12. The van der Waals surface area contributed by atoms with Crippen molar-refractivity contribution in [3.8, 4) is 0 Å². The maximum Gasteiger partial charge on any atom is 0.407 e. The Morgan fingerprint density at radius 3 is 1.30 bits per heavy atom. The van der Waals surface area contributed by atoms with E-state index in [2.05, 4.69) is 52.2 Å². The molecule has 16 nitrogen and oxygen atoms in total. The molecule has 498 valence electrons. The number of quaternary nitrogens is 2. The van der Waals surface area contributed by atoms with E-state index in [4.69, 9.17) is 37.9 Å². The predicted octanol–water partition coefficient (Wildman–Crippen LogP) is 12.0. The van der Waals surface area contributed by atoms with Gasteiger partial charge in [-0.15, -0.1) is 0 Å². The van der Waals surface area contributed by atoms with Gasteiger partial charge in [-0.3, -0.25) is 0 Å². The fourth-order valence-electron chi connectivity index (χ4n) is 21.6. The van der Waals surface area contributed by atoms with Gasteiger partial charge in [-0.1, -0.05) is 65.8 Å². The van der Waals surface area contributed by atoms with E-state index < -0.39 is 12.2 Å². The van der Waals surface area contributed by atoms with E-state index in [1.807, 2.05) is 95.0 Å². The third-order valence-electron chi connectivity index (χ3n) is 25.8. The summed E-state index contributed by atoms with van der Waals surface area (Å²) in [6, 6.07) is 7.98. The Balaban J connectivity index is 0.721. The van der Waals surface area contributed by atoms with E-state index in [-0.39, 0.29) is 70.2 Å². The number of alkyl carbamates (subject to hydrolysis) is 2. The van der Waals surface area contributed by atoms with Crippen molar-refractivity contribution >= 4 is 24.1 Å². The minimum absolute atomic E-state index is 0.0366. The van der Waals surface area contributed by atoms with Gasteiger partial charge in [-0.25, -0.2) is 19.2 Å². The van der Waals surface area contributed by atoms with Crippen LogP contribution >= 0.6 is 0 Å². The number of carbonyl (C=O) groups excluding carboxylic acids is 4. The van der Waals surface area contributed by atoms with Crippen molar-refractivity contribution in [1.29, 1.82) is 0 Å². The van der Waals surface area contributed by atoms with E-state index in [9.17, 15) is 19.2 Å². The molecule has 8 aliphatic rings. The van der Waals surface area contributed by atoms with Gasteiger partial charge in [-0.05, 0) is 209 Å². The molecule has 22 atom stereocenters. The number of likely N-dealkylation sites (N-methyl/N-ethyl adjacent to an activating group) is 2. The molecule has 8 fully saturated rings. The van der Waals surface area contributed by atoms with Crippen molar-refractivity contribution < 1.29 is 66.0 Å². The second-order valence-electron chi connectivity index (χ2n) is 32.7. The van der Waals surface area contributed by atoms with Crippen LogP contribution in [0, 0.1) is 92.7 Å². The molecule has 0 bridgehead atoms. The average molecular weight is 1230 g/mol. The number of nitrogens with zero attached hydrogens (tertiary/aromatic N) is 2. The van der Waals surface area contributed by atoms with Gasteiger partial charge in [0.25, 0.3) is 0 Å². The zero-order valence-electron chi connectivity index (χ0n) is 57.5. The molecule has 0 aromatic heterocycles. The molecule has 0 aliphatic heterocycles. The molecule has 0 spiro atoms. The van der Waals surface area contributed by atoms with Crippen LogP contribution < -0.4 is 10.6 Å². The monoisotopic (exact) mass is 1230 g/mol. The average Bonchev–Trinajstić information content (AvgIpc) is 1.30. The fourth-order valence-corrected chi connectivity index (χ4v) is 21.6. The molecule has 9 rings (SSSR count). The minimum atomic E-state index is -0.397. The summed E-state index contributed by atoms with van der Waals surface area (Å²) in [7, 11) is 19.7. The Morgan fingerprint density at radius 2 is 0.932 bits per heavy atom. The summed E-state index contributed by atoms with van der Waals surface area (Å²) >= 11 is 0. The topological polar surface area (TPSA) is 166 Å². The van der Waals surface area contributed by atoms with E-state index in [0.29, 0.717) is 119 Å². The van der Waals surface area contributed by atoms with Crippen LogP contribution in [0.1, 0.15) is 168 Å². The first kappa shape index (κ1) is 68.8. The Morgan fingerprint density at radius 1 is 0.534 bits per heavy atom. The minimum Gasteiger partial charge on any atom is -0.462 e. The molecule has 88 heavy (non-hydrogen) atoms. The SMILES string of the molecule is CO[C@H]1C[C@H]2[C@@H]([C@H](OC)C[C@@H]3C[C@H](OC(=O)NCc4cccc(CNC(=O)O[C@@H]5CC[C@@]6(C)[C@@H](C5)C[C@@H](OC)[C@@H]5[C@@H]6C[C@H](OC)[C@]6(C)[C@@H]([C@H](C)CCCOC(=O)C[N+](C)(C)C)CC[C@@H]56)c4)CC[C@@]32C)[C@@H]2CC[C@H]([C@H](C)CCCOC(=O)C[N+](C)(C)C)[C@@]12C. The highest BCUT2D eigenvalue weighted by molar-refractivity contribution is 5.71. The normalized spacial score (nSPS) is 39.2. The van der Waals surface area contributed by atoms with Crippen molar-refractivity contribution in [2.75, 3.05) is 97.0 Å². The molecule has 1 aromatic rings. The quantitative estimate of drug-likeness (QED) is 0.0436. The maximum atomic E-state index is 13.6. The van der Waals surface area contributed by atoms with Gasteiger partial charge in [-0.2, -0.15) is 0 Å². The first-order chi connectivity index (χ1) is 41.6. The second kappa shape index (κ2) is 28.0. The van der Waals surface area contributed by atoms with Gasteiger partial charge >= 0.3 is 24.1 Å². The van der Waals surface area contributed by atoms with Gasteiger partial charge in [0.15, 0.2) is 13.1 Å². The van der Waals surface area contributed by atoms with E-state index in [1.54, 1.807) is 0 Å². The third kappa shape index (κ3) is 14.5. The number of fused-ring (bicyclic) bond motifs is 10. The van der Waals surface area contributed by atoms with Crippen LogP contribution in [0.25, 0.3) is 0 Å². The summed E-state index contributed by atoms with van der Waals surface area (Å²) in [6.45, 7) is 17.2. The van der Waals surface area contributed by atoms with Gasteiger partial charge < -0.3 is 57.5 Å². The molecule has 8 aliphatic carbocycles. The van der Waals surface area contributed by atoms with Crippen molar-refractivity contribution in [3.05, 3.63) is 35.4 Å². The number of hydrogen-bond donors (Lipinski definition) is 2. The molecule has 0 radical (unpaired) electrons. The molecule has 0 saturated heterocycles. The number of rotatable bonds is 24. The lowest BCUT2D eigenvalue weighted by Gasteiger charge is -2.64. The Labute approximate surface area is 530 Å². The molecule has 8 saturated carbocycles. The van der Waals surface area contributed by atoms with Crippen LogP contribution in [0.3, 0.4) is 0 Å². The number of amides is 2. The van der Waals surface area contributed by atoms with E-state index in [0.717, 1.165) is 101 Å². The number of benzene rings is 1. The Kier molecular flexibility index (Phi) is 21.9. The fraction of sp³-hybridized carbons (Fsp3) is 0.861. The van der Waals surface area contributed by atoms with Crippen LogP contribution in [0.5, 0.6) is 0 Å². The molecule has 2 N–H and O–H groups in total. The van der Waals surface area contributed by atoms with Gasteiger partial charge in [0.1, 0.15) is 12.2 Å². The van der Waals surface area contributed by atoms with E-state index >= 15 is 0 Å². The second-order valence-corrected chi connectivity index (χ2v) is 32.7. The highest BCUT2D eigenvalue weighted by Crippen LogP contribution is 2.71. The molecule has 1 aromatic carbocycles. The highest BCUT2D eigenvalue weighted by Gasteiger charge is 2.68. The zero-order valence-corrected chi connectivity index (χ0v) is 57.5. The zero-order chi connectivity index (χ0) is 63.7. The number of methoxy groups -OCH3 is 4. The maximum absolute atomic E-state index is 13.6. The van der Waals surface area contributed by atoms with Crippen molar-refractivity contribution in [2.45, 2.75) is 207 Å². The molecular weight excluding hydrogens is 1110 g/mol. The first-order valence-electron chi connectivity index (χ1n) is 34.6. The molecule has 16 heteroatoms. The van der Waals surface area contributed by atoms with Crippen molar-refractivity contribution in [2.24, 2.45) is 92.7 Å². The lowest BCUT2D eigenvalue weighted by atomic mass is 9.43. The lowest BCUT2D eigenvalue weighted by molar-refractivity contribution is -0.862. The van der Waals surface area contributed by atoms with Crippen LogP contribution in [0.15, 0.2) is 24.3 Å². The largest absolute Gasteiger partial charge is 0.462 e. The third-order valence-corrected chi connectivity index (χ3v) is 25.8. The lowest BCUT2D eigenvalue weighted by Crippen LogP contribution is -2.63. The highest BCUT2D eigenvalue weighted by atomic mass is 16.6. The summed E-state index contributed by atoms with van der Waals surface area (Å²) in [5.41, 5.74) is 2.13. The molecule has 0 unspecified atom stereocenters. The summed E-state index contributed by atoms with van der Waals surface area (Å²) in [4.78, 5) is 52.0. The first-order valence-corrected chi connectivity index (χ1v) is 34.6. The molecular formula is C72H120N4O12+2. The number of nitrogens with one attached hydrogen (secondary N) is 2. The Bertz CT molecular complexity index is 2370. The van der Waals surface area contributed by atoms with Gasteiger partial charge in [0, 0.05) is 52.4 Å². The van der Waals surface area contributed by atoms with Crippen LogP contribution in [-0.2, 0) is 60.6 Å². The van der Waals surface area contributed by atoms with Crippen LogP contribution in [0.4, 0.5) is 9.59 Å². The van der Waals surface area contributed by atoms with Crippen LogP contribution in [-0.4, -0.2) is 167 Å². The smallest absolute Gasteiger partial charge is 0.407 e.